The molecule has 1 aliphatic heterocycles. The fourth-order valence-corrected chi connectivity index (χ4v) is 4.59. The zero-order chi connectivity index (χ0) is 32.3. The Bertz CT molecular complexity index is 1370. The molecule has 0 spiro atoms. The molecule has 0 unspecified atom stereocenters. The van der Waals surface area contributed by atoms with Gasteiger partial charge in [-0.15, -0.1) is 0 Å². The van der Waals surface area contributed by atoms with E-state index in [-0.39, 0.29) is 36.5 Å². The zero-order valence-electron chi connectivity index (χ0n) is 24.1. The highest BCUT2D eigenvalue weighted by Crippen LogP contribution is 2.55. The van der Waals surface area contributed by atoms with Gasteiger partial charge in [-0.2, -0.15) is 17.6 Å². The van der Waals surface area contributed by atoms with Crippen LogP contribution in [0, 0.1) is 17.6 Å². The summed E-state index contributed by atoms with van der Waals surface area (Å²) in [6.45, 7) is 6.71. The molecule has 2 aromatic rings. The van der Waals surface area contributed by atoms with Gasteiger partial charge >= 0.3 is 12.3 Å². The first-order valence-electron chi connectivity index (χ1n) is 13.2. The summed E-state index contributed by atoms with van der Waals surface area (Å²) in [6.07, 6.45) is -6.26. The standard InChI is InChI=1S/C28H33F5N4O6/c1-14-19(16-7-8-17(29)20(30)21(16)41-12-6-10-36-25(40)43-26(2,3)4)22(42-27(14,5)28(31,32)33)24(39)37-15-9-11-35-18(13-15)23(34)38/h7-9,11,13-14,19,22H,6,10,12H2,1-5H3,(H2,34,38)(H,36,40)(H,35,37,39)/t14-,19-,22+,27+/m1/s1. The predicted molar refractivity (Wildman–Crippen MR) is 143 cm³/mol. The summed E-state index contributed by atoms with van der Waals surface area (Å²) in [7, 11) is 0. The lowest BCUT2D eigenvalue weighted by Crippen LogP contribution is -2.47. The first kappa shape index (κ1) is 33.5. The summed E-state index contributed by atoms with van der Waals surface area (Å²) in [6, 6.07) is 4.15. The van der Waals surface area contributed by atoms with Crippen molar-refractivity contribution in [3.63, 3.8) is 0 Å². The normalized spacial score (nSPS) is 22.1. The number of nitrogens with two attached hydrogens (primary N) is 1. The van der Waals surface area contributed by atoms with Gasteiger partial charge in [0.15, 0.2) is 17.2 Å². The third-order valence-electron chi connectivity index (χ3n) is 6.88. The van der Waals surface area contributed by atoms with Crippen molar-refractivity contribution >= 4 is 23.6 Å². The number of anilines is 1. The second-order valence-corrected chi connectivity index (χ2v) is 11.2. The van der Waals surface area contributed by atoms with Crippen molar-refractivity contribution in [2.75, 3.05) is 18.5 Å². The number of halogens is 5. The van der Waals surface area contributed by atoms with E-state index in [1.807, 2.05) is 0 Å². The van der Waals surface area contributed by atoms with Crippen LogP contribution < -0.4 is 21.1 Å². The van der Waals surface area contributed by atoms with Crippen LogP contribution in [0.4, 0.5) is 32.4 Å². The fourth-order valence-electron chi connectivity index (χ4n) is 4.59. The van der Waals surface area contributed by atoms with E-state index >= 15 is 4.39 Å². The number of amides is 3. The van der Waals surface area contributed by atoms with Crippen molar-refractivity contribution in [3.8, 4) is 5.75 Å². The van der Waals surface area contributed by atoms with Crippen LogP contribution in [0.25, 0.3) is 0 Å². The van der Waals surface area contributed by atoms with E-state index in [9.17, 15) is 31.9 Å². The number of carbonyl (C=O) groups is 3. The fraction of sp³-hybridized carbons (Fsp3) is 0.500. The summed E-state index contributed by atoms with van der Waals surface area (Å²) in [5, 5.41) is 4.85. The van der Waals surface area contributed by atoms with E-state index in [0.717, 1.165) is 25.3 Å². The minimum absolute atomic E-state index is 0.0105. The Morgan fingerprint density at radius 2 is 1.81 bits per heavy atom. The predicted octanol–water partition coefficient (Wildman–Crippen LogP) is 4.83. The van der Waals surface area contributed by atoms with Crippen molar-refractivity contribution in [2.24, 2.45) is 11.7 Å². The Balaban J connectivity index is 1.91. The second kappa shape index (κ2) is 12.7. The molecule has 4 N–H and O–H groups in total. The van der Waals surface area contributed by atoms with E-state index in [2.05, 4.69) is 15.6 Å². The molecule has 43 heavy (non-hydrogen) atoms. The monoisotopic (exact) mass is 616 g/mol. The molecule has 15 heteroatoms. The lowest BCUT2D eigenvalue weighted by molar-refractivity contribution is -0.272. The number of hydrogen-bond donors (Lipinski definition) is 3. The number of alkyl carbamates (subject to hydrolysis) is 1. The summed E-state index contributed by atoms with van der Waals surface area (Å²) in [4.78, 5) is 40.4. The van der Waals surface area contributed by atoms with E-state index in [4.69, 9.17) is 19.9 Å². The third-order valence-corrected chi connectivity index (χ3v) is 6.88. The number of aromatic nitrogens is 1. The number of benzene rings is 1. The maximum Gasteiger partial charge on any atom is 0.417 e. The van der Waals surface area contributed by atoms with Crippen LogP contribution in [0.5, 0.6) is 5.75 Å². The van der Waals surface area contributed by atoms with Crippen molar-refractivity contribution in [1.82, 2.24) is 10.3 Å². The van der Waals surface area contributed by atoms with Gasteiger partial charge in [-0.05, 0) is 52.3 Å². The van der Waals surface area contributed by atoms with Gasteiger partial charge < -0.3 is 30.6 Å². The van der Waals surface area contributed by atoms with Gasteiger partial charge in [0.05, 0.1) is 6.61 Å². The highest BCUT2D eigenvalue weighted by molar-refractivity contribution is 5.97. The Morgan fingerprint density at radius 1 is 1.14 bits per heavy atom. The van der Waals surface area contributed by atoms with E-state index in [0.29, 0.717) is 6.07 Å². The number of rotatable bonds is 9. The van der Waals surface area contributed by atoms with Crippen LogP contribution >= 0.6 is 0 Å². The Hall–Kier alpha value is -4.01. The van der Waals surface area contributed by atoms with Crippen molar-refractivity contribution in [2.45, 2.75) is 70.4 Å². The van der Waals surface area contributed by atoms with E-state index < -0.39 is 70.6 Å². The number of nitrogens with zero attached hydrogens (tertiary/aromatic N) is 1. The molecule has 1 aromatic heterocycles. The molecule has 1 fully saturated rings. The number of nitrogens with one attached hydrogen (secondary N) is 2. The number of pyridine rings is 1. The van der Waals surface area contributed by atoms with Crippen LogP contribution in [0.15, 0.2) is 30.5 Å². The van der Waals surface area contributed by atoms with Gasteiger partial charge in [0.2, 0.25) is 5.82 Å². The minimum atomic E-state index is -4.96. The van der Waals surface area contributed by atoms with Gasteiger partial charge in [0.1, 0.15) is 17.4 Å². The highest BCUT2D eigenvalue weighted by Gasteiger charge is 2.66. The Labute approximate surface area is 244 Å². The molecule has 4 atom stereocenters. The molecular formula is C28H33F5N4O6. The largest absolute Gasteiger partial charge is 0.490 e. The van der Waals surface area contributed by atoms with E-state index in [1.54, 1.807) is 20.8 Å². The molecule has 1 aliphatic rings. The van der Waals surface area contributed by atoms with Gasteiger partial charge in [0.25, 0.3) is 11.8 Å². The number of hydrogen-bond acceptors (Lipinski definition) is 7. The van der Waals surface area contributed by atoms with Crippen molar-refractivity contribution < 1.29 is 50.5 Å². The smallest absolute Gasteiger partial charge is 0.417 e. The average molecular weight is 617 g/mol. The molecule has 0 radical (unpaired) electrons. The maximum atomic E-state index is 15.1. The number of primary amides is 1. The van der Waals surface area contributed by atoms with Gasteiger partial charge in [-0.3, -0.25) is 14.6 Å². The first-order valence-corrected chi connectivity index (χ1v) is 13.2. The zero-order valence-corrected chi connectivity index (χ0v) is 24.1. The number of ether oxygens (including phenoxy) is 3. The Morgan fingerprint density at radius 3 is 2.42 bits per heavy atom. The van der Waals surface area contributed by atoms with Crippen LogP contribution in [0.2, 0.25) is 0 Å². The Kier molecular flexibility index (Phi) is 9.89. The molecule has 0 saturated carbocycles. The molecule has 3 amide bonds. The molecule has 1 saturated heterocycles. The van der Waals surface area contributed by atoms with Crippen LogP contribution in [-0.4, -0.2) is 59.5 Å². The van der Waals surface area contributed by atoms with Gasteiger partial charge in [-0.1, -0.05) is 13.0 Å². The number of alkyl halides is 3. The van der Waals surface area contributed by atoms with Crippen molar-refractivity contribution in [1.29, 1.82) is 0 Å². The molecule has 0 bridgehead atoms. The summed E-state index contributed by atoms with van der Waals surface area (Å²) in [5.41, 5.74) is 1.14. The lowest BCUT2D eigenvalue weighted by Gasteiger charge is -2.32. The second-order valence-electron chi connectivity index (χ2n) is 11.2. The number of carbonyl (C=O) groups excluding carboxylic acids is 3. The van der Waals surface area contributed by atoms with E-state index in [1.165, 1.54) is 13.0 Å². The summed E-state index contributed by atoms with van der Waals surface area (Å²) in [5.74, 6) is -8.39. The highest BCUT2D eigenvalue weighted by atomic mass is 19.4. The summed E-state index contributed by atoms with van der Waals surface area (Å²) >= 11 is 0. The average Bonchev–Trinajstić information content (AvgIpc) is 3.17. The third kappa shape index (κ3) is 7.69. The molecule has 1 aromatic carbocycles. The molecular weight excluding hydrogens is 583 g/mol. The van der Waals surface area contributed by atoms with Crippen LogP contribution in [-0.2, 0) is 14.3 Å². The molecule has 10 nitrogen and oxygen atoms in total. The molecule has 3 rings (SSSR count). The van der Waals surface area contributed by atoms with Crippen LogP contribution in [0.1, 0.15) is 63.0 Å². The van der Waals surface area contributed by atoms with Gasteiger partial charge in [0, 0.05) is 35.8 Å². The first-order chi connectivity index (χ1) is 19.9. The molecule has 236 valence electrons. The maximum absolute atomic E-state index is 15.1. The summed E-state index contributed by atoms with van der Waals surface area (Å²) < 4.78 is 88.1. The lowest BCUT2D eigenvalue weighted by atomic mass is 9.77. The van der Waals surface area contributed by atoms with Gasteiger partial charge in [-0.25, -0.2) is 9.18 Å². The molecule has 0 aliphatic carbocycles. The topological polar surface area (TPSA) is 142 Å². The van der Waals surface area contributed by atoms with Crippen LogP contribution in [0.3, 0.4) is 0 Å². The SMILES string of the molecule is C[C@@H]1[C@H](c2ccc(F)c(F)c2OCCCNC(=O)OC(C)(C)C)[C@@H](C(=O)Nc2ccnc(C(N)=O)c2)O[C@]1(C)C(F)(F)F. The minimum Gasteiger partial charge on any atom is -0.490 e. The van der Waals surface area contributed by atoms with Crippen molar-refractivity contribution in [3.05, 3.63) is 53.4 Å². The quantitative estimate of drug-likeness (QED) is 0.271. The molecule has 2 heterocycles.